The molecule has 1 saturated heterocycles. The minimum atomic E-state index is -0.469. The molecule has 1 fully saturated rings. The second kappa shape index (κ2) is 7.54. The van der Waals surface area contributed by atoms with Gasteiger partial charge in [-0.05, 0) is 37.3 Å². The van der Waals surface area contributed by atoms with Crippen molar-refractivity contribution in [1.29, 1.82) is 0 Å². The van der Waals surface area contributed by atoms with Crippen molar-refractivity contribution < 1.29 is 9.53 Å². The summed E-state index contributed by atoms with van der Waals surface area (Å²) in [6, 6.07) is 3.66. The maximum absolute atomic E-state index is 11.3. The molecule has 6 nitrogen and oxygen atoms in total. The lowest BCUT2D eigenvalue weighted by molar-refractivity contribution is 0.0593. The number of rotatable bonds is 5. The highest BCUT2D eigenvalue weighted by molar-refractivity contribution is 5.86. The van der Waals surface area contributed by atoms with E-state index in [1.807, 2.05) is 0 Å². The Bertz CT molecular complexity index is 481. The number of carbonyl (C=O) groups is 1. The monoisotopic (exact) mass is 306 g/mol. The van der Waals surface area contributed by atoms with Crippen LogP contribution in [0.3, 0.4) is 0 Å². The highest BCUT2D eigenvalue weighted by Crippen LogP contribution is 2.21. The molecule has 2 rings (SSSR count). The number of hydrogen-bond acceptors (Lipinski definition) is 6. The number of likely N-dealkylation sites (tertiary alicyclic amines) is 1. The van der Waals surface area contributed by atoms with E-state index in [1.165, 1.54) is 13.5 Å². The Hall–Kier alpha value is -1.69. The summed E-state index contributed by atoms with van der Waals surface area (Å²) >= 11 is 0. The largest absolute Gasteiger partial charge is 0.464 e. The smallest absolute Gasteiger partial charge is 0.358 e. The van der Waals surface area contributed by atoms with E-state index in [1.54, 1.807) is 12.1 Å². The Labute approximate surface area is 132 Å². The Kier molecular flexibility index (Phi) is 5.71. The number of anilines is 1. The lowest BCUT2D eigenvalue weighted by Gasteiger charge is -2.36. The third-order valence-electron chi connectivity index (χ3n) is 3.93. The summed E-state index contributed by atoms with van der Waals surface area (Å²) in [4.78, 5) is 13.8. The molecule has 0 aliphatic carbocycles. The van der Waals surface area contributed by atoms with Crippen molar-refractivity contribution in [3.63, 3.8) is 0 Å². The van der Waals surface area contributed by atoms with Crippen molar-refractivity contribution in [3.8, 4) is 0 Å². The third kappa shape index (κ3) is 4.66. The van der Waals surface area contributed by atoms with Crippen LogP contribution in [0.4, 0.5) is 5.82 Å². The van der Waals surface area contributed by atoms with Gasteiger partial charge in [-0.2, -0.15) is 0 Å². The molecule has 2 heterocycles. The summed E-state index contributed by atoms with van der Waals surface area (Å²) in [6.45, 7) is 10.1. The first kappa shape index (κ1) is 16.7. The van der Waals surface area contributed by atoms with Crippen LogP contribution in [0, 0.1) is 11.8 Å². The molecule has 0 saturated carbocycles. The predicted octanol–water partition coefficient (Wildman–Crippen LogP) is 2.04. The summed E-state index contributed by atoms with van der Waals surface area (Å²) < 4.78 is 4.61. The van der Waals surface area contributed by atoms with Crippen LogP contribution in [0.15, 0.2) is 12.1 Å². The van der Waals surface area contributed by atoms with Gasteiger partial charge in [0.25, 0.3) is 0 Å². The molecule has 3 atom stereocenters. The number of nitrogens with one attached hydrogen (secondary N) is 1. The molecule has 0 spiro atoms. The lowest BCUT2D eigenvalue weighted by Crippen LogP contribution is -2.43. The van der Waals surface area contributed by atoms with Gasteiger partial charge in [-0.25, -0.2) is 4.79 Å². The van der Waals surface area contributed by atoms with E-state index in [-0.39, 0.29) is 11.7 Å². The van der Waals surface area contributed by atoms with Gasteiger partial charge in [-0.3, -0.25) is 0 Å². The second-order valence-corrected chi connectivity index (χ2v) is 6.51. The van der Waals surface area contributed by atoms with Crippen LogP contribution in [0.5, 0.6) is 0 Å². The molecule has 1 N–H and O–H groups in total. The normalized spacial score (nSPS) is 23.8. The Morgan fingerprint density at radius 2 is 2.05 bits per heavy atom. The van der Waals surface area contributed by atoms with Gasteiger partial charge in [0.05, 0.1) is 7.11 Å². The van der Waals surface area contributed by atoms with E-state index in [9.17, 15) is 4.79 Å². The predicted molar refractivity (Wildman–Crippen MR) is 85.8 cm³/mol. The molecule has 1 aromatic rings. The van der Waals surface area contributed by atoms with Crippen LogP contribution in [-0.2, 0) is 4.74 Å². The van der Waals surface area contributed by atoms with Gasteiger partial charge in [-0.15, -0.1) is 10.2 Å². The molecule has 3 unspecified atom stereocenters. The zero-order valence-electron chi connectivity index (χ0n) is 13.9. The average Bonchev–Trinajstić information content (AvgIpc) is 2.46. The van der Waals surface area contributed by atoms with Crippen LogP contribution in [0.1, 0.15) is 37.7 Å². The first-order chi connectivity index (χ1) is 10.5. The Balaban J connectivity index is 1.86. The van der Waals surface area contributed by atoms with Gasteiger partial charge < -0.3 is 15.0 Å². The first-order valence-electron chi connectivity index (χ1n) is 7.89. The highest BCUT2D eigenvalue weighted by atomic mass is 16.5. The first-order valence-corrected chi connectivity index (χ1v) is 7.89. The molecule has 22 heavy (non-hydrogen) atoms. The molecule has 0 radical (unpaired) electrons. The highest BCUT2D eigenvalue weighted by Gasteiger charge is 2.22. The summed E-state index contributed by atoms with van der Waals surface area (Å²) in [6.07, 6.45) is 1.32. The fraction of sp³-hybridized carbons (Fsp3) is 0.688. The number of esters is 1. The van der Waals surface area contributed by atoms with Gasteiger partial charge in [0.1, 0.15) is 5.82 Å². The second-order valence-electron chi connectivity index (χ2n) is 6.51. The van der Waals surface area contributed by atoms with Crippen LogP contribution in [-0.4, -0.2) is 53.9 Å². The van der Waals surface area contributed by atoms with Gasteiger partial charge in [-0.1, -0.05) is 13.8 Å². The van der Waals surface area contributed by atoms with Gasteiger partial charge in [0.2, 0.25) is 0 Å². The average molecular weight is 306 g/mol. The number of ether oxygens (including phenoxy) is 1. The summed E-state index contributed by atoms with van der Waals surface area (Å²) in [7, 11) is 1.33. The number of carbonyl (C=O) groups excluding carboxylic acids is 1. The molecule has 1 aromatic heterocycles. The number of hydrogen-bond donors (Lipinski definition) is 1. The maximum atomic E-state index is 11.3. The number of nitrogens with zero attached hydrogens (tertiary/aromatic N) is 3. The van der Waals surface area contributed by atoms with E-state index < -0.39 is 5.97 Å². The van der Waals surface area contributed by atoms with Gasteiger partial charge >= 0.3 is 5.97 Å². The van der Waals surface area contributed by atoms with Crippen molar-refractivity contribution in [2.45, 2.75) is 33.2 Å². The van der Waals surface area contributed by atoms with E-state index in [2.05, 4.69) is 45.9 Å². The van der Waals surface area contributed by atoms with E-state index in [0.29, 0.717) is 5.82 Å². The van der Waals surface area contributed by atoms with Crippen molar-refractivity contribution in [1.82, 2.24) is 15.1 Å². The zero-order valence-corrected chi connectivity index (χ0v) is 13.9. The molecular formula is C16H26N4O2. The van der Waals surface area contributed by atoms with Crippen LogP contribution in [0.25, 0.3) is 0 Å². The summed E-state index contributed by atoms with van der Waals surface area (Å²) in [5.41, 5.74) is 0.222. The van der Waals surface area contributed by atoms with E-state index >= 15 is 0 Å². The minimum Gasteiger partial charge on any atom is -0.464 e. The van der Waals surface area contributed by atoms with Gasteiger partial charge in [0, 0.05) is 25.7 Å². The molecule has 6 heteroatoms. The third-order valence-corrected chi connectivity index (χ3v) is 3.93. The standard InChI is InChI=1S/C16H26N4O2/c1-11-7-12(2)9-20(8-11)10-13(3)17-15-6-5-14(18-19-15)16(21)22-4/h5-6,11-13H,7-10H2,1-4H3,(H,17,19). The number of aromatic nitrogens is 2. The topological polar surface area (TPSA) is 67.3 Å². The van der Waals surface area contributed by atoms with Crippen LogP contribution >= 0.6 is 0 Å². The van der Waals surface area contributed by atoms with Crippen molar-refractivity contribution in [2.24, 2.45) is 11.8 Å². The molecule has 0 amide bonds. The molecular weight excluding hydrogens is 280 g/mol. The fourth-order valence-corrected chi connectivity index (χ4v) is 3.25. The molecule has 122 valence electrons. The molecule has 1 aliphatic rings. The maximum Gasteiger partial charge on any atom is 0.358 e. The number of methoxy groups -OCH3 is 1. The van der Waals surface area contributed by atoms with E-state index in [4.69, 9.17) is 0 Å². The fourth-order valence-electron chi connectivity index (χ4n) is 3.25. The van der Waals surface area contributed by atoms with E-state index in [0.717, 1.165) is 31.5 Å². The van der Waals surface area contributed by atoms with Crippen molar-refractivity contribution in [3.05, 3.63) is 17.8 Å². The zero-order chi connectivity index (χ0) is 16.1. The molecule has 1 aliphatic heterocycles. The van der Waals surface area contributed by atoms with Crippen LogP contribution in [0.2, 0.25) is 0 Å². The quantitative estimate of drug-likeness (QED) is 0.840. The van der Waals surface area contributed by atoms with Crippen molar-refractivity contribution >= 4 is 11.8 Å². The minimum absolute atomic E-state index is 0.222. The lowest BCUT2D eigenvalue weighted by atomic mass is 9.92. The van der Waals surface area contributed by atoms with Gasteiger partial charge in [0.15, 0.2) is 5.69 Å². The molecule has 0 aromatic carbocycles. The SMILES string of the molecule is COC(=O)c1ccc(NC(C)CN2CC(C)CC(C)C2)nn1. The summed E-state index contributed by atoms with van der Waals surface area (Å²) in [5, 5.41) is 11.2. The number of piperidine rings is 1. The van der Waals surface area contributed by atoms with Crippen molar-refractivity contribution in [2.75, 3.05) is 32.1 Å². The molecule has 0 bridgehead atoms. The van der Waals surface area contributed by atoms with Crippen LogP contribution < -0.4 is 5.32 Å². The summed E-state index contributed by atoms with van der Waals surface area (Å²) in [5.74, 6) is 1.73. The Morgan fingerprint density at radius 1 is 1.36 bits per heavy atom. The Morgan fingerprint density at radius 3 is 2.59 bits per heavy atom.